The maximum absolute atomic E-state index is 14.3. The molecule has 3 saturated carbocycles. The SMILES string of the molecule is CC1(C)C2CN(C(=O)[C@@H]([NH2+]C(=O)NC3(CS(C)(=O)=O)CCCCC3)C(C)(C)C)[C@H](C(=O)NC(CC3CCC3)C(=O)C(N)=O)C21. The summed E-state index contributed by atoms with van der Waals surface area (Å²) in [6.45, 7) is 9.99. The predicted octanol–water partition coefficient (Wildman–Crippen LogP) is 0.634. The van der Waals surface area contributed by atoms with E-state index in [2.05, 4.69) is 24.5 Å². The summed E-state index contributed by atoms with van der Waals surface area (Å²) in [5, 5.41) is 7.11. The van der Waals surface area contributed by atoms with Gasteiger partial charge in [-0.1, -0.05) is 73.1 Å². The Morgan fingerprint density at radius 3 is 2.14 bits per heavy atom. The number of primary amides is 2. The summed E-state index contributed by atoms with van der Waals surface area (Å²) in [7, 11) is -3.37. The Labute approximate surface area is 261 Å². The van der Waals surface area contributed by atoms with Crippen LogP contribution in [0.3, 0.4) is 0 Å². The second-order valence-electron chi connectivity index (χ2n) is 15.6. The van der Waals surface area contributed by atoms with Crippen LogP contribution >= 0.6 is 0 Å². The van der Waals surface area contributed by atoms with Crippen molar-refractivity contribution in [3.63, 3.8) is 0 Å². The zero-order valence-corrected chi connectivity index (χ0v) is 27.9. The number of nitrogens with one attached hydrogen (secondary N) is 2. The molecule has 0 spiro atoms. The van der Waals surface area contributed by atoms with Crippen molar-refractivity contribution < 1.29 is 37.7 Å². The van der Waals surface area contributed by atoms with Gasteiger partial charge in [0, 0.05) is 18.2 Å². The fourth-order valence-corrected chi connectivity index (χ4v) is 9.26. The van der Waals surface area contributed by atoms with Gasteiger partial charge in [-0.3, -0.25) is 29.8 Å². The number of sulfone groups is 1. The maximum Gasteiger partial charge on any atom is 0.414 e. The van der Waals surface area contributed by atoms with Crippen molar-refractivity contribution in [2.75, 3.05) is 18.6 Å². The van der Waals surface area contributed by atoms with Crippen molar-refractivity contribution >= 4 is 39.4 Å². The number of carbonyl (C=O) groups is 5. The molecule has 4 aliphatic rings. The van der Waals surface area contributed by atoms with Gasteiger partial charge >= 0.3 is 6.03 Å². The molecule has 1 aliphatic heterocycles. The minimum atomic E-state index is -3.37. The summed E-state index contributed by atoms with van der Waals surface area (Å²) in [5.41, 5.74) is 3.56. The van der Waals surface area contributed by atoms with Crippen LogP contribution < -0.4 is 21.7 Å². The van der Waals surface area contributed by atoms with Gasteiger partial charge in [0.25, 0.3) is 11.8 Å². The van der Waals surface area contributed by atoms with Crippen LogP contribution in [0.15, 0.2) is 0 Å². The molecule has 4 rings (SSSR count). The van der Waals surface area contributed by atoms with E-state index in [1.807, 2.05) is 20.8 Å². The van der Waals surface area contributed by atoms with E-state index in [0.717, 1.165) is 38.5 Å². The van der Waals surface area contributed by atoms with Crippen molar-refractivity contribution in [1.29, 1.82) is 0 Å². The molecule has 5 amide bonds. The van der Waals surface area contributed by atoms with Crippen LogP contribution in [0.2, 0.25) is 0 Å². The van der Waals surface area contributed by atoms with Crippen molar-refractivity contribution in [3.8, 4) is 0 Å². The summed E-state index contributed by atoms with van der Waals surface area (Å²) in [6.07, 6.45) is 8.05. The third kappa shape index (κ3) is 7.46. The second-order valence-corrected chi connectivity index (χ2v) is 17.8. The van der Waals surface area contributed by atoms with Crippen molar-refractivity contribution in [1.82, 2.24) is 15.5 Å². The molecule has 5 atom stereocenters. The molecule has 0 aromatic heterocycles. The Hall–Kier alpha value is -2.54. The average molecular weight is 639 g/mol. The lowest BCUT2D eigenvalue weighted by molar-refractivity contribution is -0.597. The number of nitrogens with two attached hydrogens (primary N) is 2. The van der Waals surface area contributed by atoms with E-state index >= 15 is 0 Å². The largest absolute Gasteiger partial charge is 0.414 e. The molecule has 12 nitrogen and oxygen atoms in total. The highest BCUT2D eigenvalue weighted by molar-refractivity contribution is 7.90. The molecule has 13 heteroatoms. The highest BCUT2D eigenvalue weighted by Gasteiger charge is 2.70. The van der Waals surface area contributed by atoms with Gasteiger partial charge in [-0.2, -0.15) is 0 Å². The van der Waals surface area contributed by atoms with Gasteiger partial charge in [-0.25, -0.2) is 13.2 Å². The second kappa shape index (κ2) is 12.3. The van der Waals surface area contributed by atoms with Gasteiger partial charge in [0.05, 0.1) is 17.3 Å². The fraction of sp³-hybridized carbons (Fsp3) is 0.839. The van der Waals surface area contributed by atoms with E-state index in [4.69, 9.17) is 5.73 Å². The van der Waals surface area contributed by atoms with E-state index in [1.54, 1.807) is 0 Å². The molecule has 1 saturated heterocycles. The molecule has 0 aromatic carbocycles. The van der Waals surface area contributed by atoms with E-state index in [-0.39, 0.29) is 34.8 Å². The molecular weight excluding hydrogens is 586 g/mol. The number of quaternary nitrogens is 1. The first-order chi connectivity index (χ1) is 20.3. The van der Waals surface area contributed by atoms with Gasteiger partial charge in [0.1, 0.15) is 15.9 Å². The van der Waals surface area contributed by atoms with Crippen LogP contribution in [0.4, 0.5) is 4.79 Å². The summed E-state index contributed by atoms with van der Waals surface area (Å²) >= 11 is 0. The van der Waals surface area contributed by atoms with Crippen LogP contribution in [-0.4, -0.2) is 85.1 Å². The standard InChI is InChI=1S/C31H51N5O7S/c1-29(2,3)24(34-28(41)35-31(17-44(6,42)43)13-8-7-9-14-31)27(40)36-16-19-21(30(19,4)5)22(36)26(39)33-20(23(37)25(32)38)15-18-11-10-12-18/h18-22,24H,7-17H2,1-6H3,(H2,32,38)(H,33,39)(H2,34,35,41)/p+1/t19?,20?,21?,22-,24+/m0/s1. The molecule has 6 N–H and O–H groups in total. The Balaban J connectivity index is 1.54. The van der Waals surface area contributed by atoms with Crippen LogP contribution in [0, 0.1) is 28.6 Å². The Bertz CT molecular complexity index is 1280. The minimum absolute atomic E-state index is 0.0776. The number of amides is 5. The van der Waals surface area contributed by atoms with Crippen LogP contribution in [0.5, 0.6) is 0 Å². The number of hydrogen-bond acceptors (Lipinski definition) is 7. The lowest BCUT2D eigenvalue weighted by atomic mass is 9.80. The molecule has 3 aliphatic carbocycles. The maximum atomic E-state index is 14.3. The van der Waals surface area contributed by atoms with E-state index in [0.29, 0.717) is 25.8 Å². The smallest absolute Gasteiger partial charge is 0.363 e. The zero-order valence-electron chi connectivity index (χ0n) is 27.1. The molecule has 0 bridgehead atoms. The lowest BCUT2D eigenvalue weighted by Gasteiger charge is -2.38. The first-order valence-corrected chi connectivity index (χ1v) is 18.1. The Morgan fingerprint density at radius 1 is 1.02 bits per heavy atom. The van der Waals surface area contributed by atoms with E-state index in [1.165, 1.54) is 16.5 Å². The Morgan fingerprint density at radius 2 is 1.64 bits per heavy atom. The number of fused-ring (bicyclic) bond motifs is 1. The van der Waals surface area contributed by atoms with Crippen molar-refractivity contribution in [2.24, 2.45) is 34.3 Å². The zero-order chi connectivity index (χ0) is 32.8. The highest BCUT2D eigenvalue weighted by Crippen LogP contribution is 2.65. The molecule has 0 aromatic rings. The Kier molecular flexibility index (Phi) is 9.63. The first kappa shape index (κ1) is 34.3. The molecule has 4 fully saturated rings. The third-order valence-corrected chi connectivity index (χ3v) is 11.8. The molecular formula is C31H52N5O7S+. The molecule has 44 heavy (non-hydrogen) atoms. The normalized spacial score (nSPS) is 27.3. The van der Waals surface area contributed by atoms with Gasteiger partial charge in [-0.15, -0.1) is 0 Å². The number of Topliss-reactive ketones (excluding diaryl/α,β-unsaturated/α-hetero) is 1. The lowest BCUT2D eigenvalue weighted by Crippen LogP contribution is -3.00. The van der Waals surface area contributed by atoms with Crippen molar-refractivity contribution in [3.05, 3.63) is 0 Å². The molecule has 0 radical (unpaired) electrons. The van der Waals surface area contributed by atoms with Crippen LogP contribution in [0.25, 0.3) is 0 Å². The molecule has 248 valence electrons. The number of piperidine rings is 1. The summed E-state index contributed by atoms with van der Waals surface area (Å²) in [5.74, 6) is -2.77. The monoisotopic (exact) mass is 638 g/mol. The highest BCUT2D eigenvalue weighted by atomic mass is 32.2. The average Bonchev–Trinajstić information content (AvgIpc) is 3.19. The number of rotatable bonds is 11. The van der Waals surface area contributed by atoms with Gasteiger partial charge in [0.15, 0.2) is 6.04 Å². The topological polar surface area (TPSA) is 189 Å². The summed E-state index contributed by atoms with van der Waals surface area (Å²) < 4.78 is 24.5. The van der Waals surface area contributed by atoms with Crippen LogP contribution in [0.1, 0.15) is 92.4 Å². The number of hydrogen-bond donors (Lipinski definition) is 4. The van der Waals surface area contributed by atoms with E-state index in [9.17, 15) is 32.4 Å². The minimum Gasteiger partial charge on any atom is -0.363 e. The summed E-state index contributed by atoms with van der Waals surface area (Å²) in [6, 6.07) is -3.29. The van der Waals surface area contributed by atoms with Gasteiger partial charge in [-0.05, 0) is 42.4 Å². The number of likely N-dealkylation sites (tertiary alicyclic amines) is 1. The fourth-order valence-electron chi connectivity index (χ4n) is 7.90. The quantitative estimate of drug-likeness (QED) is 0.239. The molecule has 1 heterocycles. The predicted molar refractivity (Wildman–Crippen MR) is 164 cm³/mol. The number of carbonyl (C=O) groups excluding carboxylic acids is 5. The van der Waals surface area contributed by atoms with Gasteiger partial charge < -0.3 is 16.0 Å². The number of urea groups is 1. The van der Waals surface area contributed by atoms with Gasteiger partial charge in [0.2, 0.25) is 11.7 Å². The number of nitrogens with zero attached hydrogens (tertiary/aromatic N) is 1. The van der Waals surface area contributed by atoms with Crippen molar-refractivity contribution in [2.45, 2.75) is 116 Å². The molecule has 3 unspecified atom stereocenters. The third-order valence-electron chi connectivity index (χ3n) is 10.7. The van der Waals surface area contributed by atoms with E-state index < -0.39 is 62.5 Å². The number of ketones is 1. The first-order valence-electron chi connectivity index (χ1n) is 16.0. The van der Waals surface area contributed by atoms with Crippen LogP contribution in [-0.2, 0) is 29.0 Å². The summed E-state index contributed by atoms with van der Waals surface area (Å²) in [4.78, 5) is 67.7.